The average Bonchev–Trinajstić information content (AvgIpc) is 2.45. The van der Waals surface area contributed by atoms with Gasteiger partial charge in [-0.1, -0.05) is 32.9 Å². The molecule has 0 saturated heterocycles. The molecular formula is C17H26ClFN2O2. The molecule has 1 amide bonds. The van der Waals surface area contributed by atoms with Gasteiger partial charge in [-0.25, -0.2) is 4.39 Å². The monoisotopic (exact) mass is 344 g/mol. The van der Waals surface area contributed by atoms with Crippen LogP contribution in [0.3, 0.4) is 0 Å². The van der Waals surface area contributed by atoms with Crippen LogP contribution < -0.4 is 11.1 Å². The second-order valence-corrected chi connectivity index (χ2v) is 6.11. The van der Waals surface area contributed by atoms with Gasteiger partial charge in [0.05, 0.1) is 0 Å². The standard InChI is InChI=1S/C17H25FN2O2.ClH/c1-11(2)7-15(10-19)20-16(21)8-12(3)17(22)13-5-4-6-14(18)9-13;/h4-6,9,11-12,15H,7-8,10,19H2,1-3H3,(H,20,21);1H. The number of halogens is 2. The molecule has 3 N–H and O–H groups in total. The van der Waals surface area contributed by atoms with E-state index in [-0.39, 0.29) is 42.1 Å². The van der Waals surface area contributed by atoms with E-state index in [1.54, 1.807) is 13.0 Å². The maximum Gasteiger partial charge on any atom is 0.220 e. The lowest BCUT2D eigenvalue weighted by Gasteiger charge is -2.20. The molecule has 23 heavy (non-hydrogen) atoms. The first-order valence-electron chi connectivity index (χ1n) is 7.62. The number of hydrogen-bond acceptors (Lipinski definition) is 3. The van der Waals surface area contributed by atoms with E-state index in [0.717, 1.165) is 6.42 Å². The van der Waals surface area contributed by atoms with Crippen molar-refractivity contribution in [3.05, 3.63) is 35.6 Å². The van der Waals surface area contributed by atoms with Gasteiger partial charge >= 0.3 is 0 Å². The van der Waals surface area contributed by atoms with E-state index in [4.69, 9.17) is 5.73 Å². The lowest BCUT2D eigenvalue weighted by atomic mass is 9.95. The molecule has 0 bridgehead atoms. The number of carbonyl (C=O) groups excluding carboxylic acids is 2. The molecule has 2 atom stereocenters. The minimum atomic E-state index is -0.501. The number of rotatable bonds is 8. The second kappa shape index (κ2) is 10.3. The predicted molar refractivity (Wildman–Crippen MR) is 92.2 cm³/mol. The first-order valence-corrected chi connectivity index (χ1v) is 7.62. The average molecular weight is 345 g/mol. The lowest BCUT2D eigenvalue weighted by molar-refractivity contribution is -0.122. The molecule has 1 aromatic carbocycles. The van der Waals surface area contributed by atoms with E-state index in [9.17, 15) is 14.0 Å². The summed E-state index contributed by atoms with van der Waals surface area (Å²) in [4.78, 5) is 24.2. The summed E-state index contributed by atoms with van der Waals surface area (Å²) >= 11 is 0. The van der Waals surface area contributed by atoms with Gasteiger partial charge < -0.3 is 11.1 Å². The van der Waals surface area contributed by atoms with E-state index in [1.165, 1.54) is 18.2 Å². The fourth-order valence-electron chi connectivity index (χ4n) is 2.37. The van der Waals surface area contributed by atoms with Gasteiger partial charge in [-0.3, -0.25) is 9.59 Å². The molecule has 1 rings (SSSR count). The van der Waals surface area contributed by atoms with Gasteiger partial charge in [0.15, 0.2) is 5.78 Å². The molecule has 2 unspecified atom stereocenters. The Kier molecular flexibility index (Phi) is 9.68. The van der Waals surface area contributed by atoms with Gasteiger partial charge in [0.2, 0.25) is 5.91 Å². The van der Waals surface area contributed by atoms with Gasteiger partial charge in [-0.05, 0) is 24.5 Å². The molecular weight excluding hydrogens is 319 g/mol. The number of ketones is 1. The Hall–Kier alpha value is -1.46. The first-order chi connectivity index (χ1) is 10.3. The number of carbonyl (C=O) groups is 2. The van der Waals surface area contributed by atoms with Crippen LogP contribution in [0, 0.1) is 17.7 Å². The number of nitrogens with two attached hydrogens (primary N) is 1. The zero-order valence-corrected chi connectivity index (χ0v) is 14.7. The summed E-state index contributed by atoms with van der Waals surface area (Å²) < 4.78 is 13.1. The Morgan fingerprint density at radius 1 is 1.26 bits per heavy atom. The van der Waals surface area contributed by atoms with Crippen molar-refractivity contribution >= 4 is 24.1 Å². The van der Waals surface area contributed by atoms with E-state index < -0.39 is 11.7 Å². The topological polar surface area (TPSA) is 72.2 Å². The number of benzene rings is 1. The highest BCUT2D eigenvalue weighted by Gasteiger charge is 2.20. The molecule has 0 saturated carbocycles. The fourth-order valence-corrected chi connectivity index (χ4v) is 2.37. The van der Waals surface area contributed by atoms with Crippen LogP contribution in [0.4, 0.5) is 4.39 Å². The van der Waals surface area contributed by atoms with Crippen LogP contribution in [0.15, 0.2) is 24.3 Å². The molecule has 0 aromatic heterocycles. The highest BCUT2D eigenvalue weighted by molar-refractivity contribution is 5.99. The zero-order chi connectivity index (χ0) is 16.7. The molecule has 0 aliphatic heterocycles. The Bertz CT molecular complexity index is 523. The van der Waals surface area contributed by atoms with E-state index in [0.29, 0.717) is 12.5 Å². The molecule has 0 spiro atoms. The zero-order valence-electron chi connectivity index (χ0n) is 13.8. The highest BCUT2D eigenvalue weighted by Crippen LogP contribution is 2.14. The predicted octanol–water partition coefficient (Wildman–Crippen LogP) is 2.95. The molecule has 4 nitrogen and oxygen atoms in total. The van der Waals surface area contributed by atoms with Gasteiger partial charge in [-0.2, -0.15) is 0 Å². The maximum absolute atomic E-state index is 13.1. The lowest BCUT2D eigenvalue weighted by Crippen LogP contribution is -2.41. The van der Waals surface area contributed by atoms with Crippen molar-refractivity contribution in [1.82, 2.24) is 5.32 Å². The summed E-state index contributed by atoms with van der Waals surface area (Å²) in [5.74, 6) is -0.960. The summed E-state index contributed by atoms with van der Waals surface area (Å²) in [5, 5.41) is 2.86. The van der Waals surface area contributed by atoms with Crippen LogP contribution in [0.25, 0.3) is 0 Å². The van der Waals surface area contributed by atoms with Crippen LogP contribution in [-0.4, -0.2) is 24.3 Å². The number of Topliss-reactive ketones (excluding diaryl/α,β-unsaturated/α-hetero) is 1. The van der Waals surface area contributed by atoms with Crippen LogP contribution in [0.2, 0.25) is 0 Å². The van der Waals surface area contributed by atoms with Gasteiger partial charge in [0.1, 0.15) is 5.82 Å². The van der Waals surface area contributed by atoms with Crippen molar-refractivity contribution < 1.29 is 14.0 Å². The molecule has 0 heterocycles. The summed E-state index contributed by atoms with van der Waals surface area (Å²) in [6.07, 6.45) is 0.873. The van der Waals surface area contributed by atoms with Crippen molar-refractivity contribution in [2.75, 3.05) is 6.54 Å². The fraction of sp³-hybridized carbons (Fsp3) is 0.529. The minimum Gasteiger partial charge on any atom is -0.352 e. The second-order valence-electron chi connectivity index (χ2n) is 6.11. The van der Waals surface area contributed by atoms with Crippen molar-refractivity contribution in [1.29, 1.82) is 0 Å². The SMILES string of the molecule is CC(C)CC(CN)NC(=O)CC(C)C(=O)c1cccc(F)c1.Cl. The van der Waals surface area contributed by atoms with Crippen LogP contribution in [0.5, 0.6) is 0 Å². The Morgan fingerprint density at radius 2 is 1.91 bits per heavy atom. The highest BCUT2D eigenvalue weighted by atomic mass is 35.5. The third-order valence-electron chi connectivity index (χ3n) is 3.45. The molecule has 0 radical (unpaired) electrons. The van der Waals surface area contributed by atoms with Gasteiger partial charge in [0.25, 0.3) is 0 Å². The van der Waals surface area contributed by atoms with Gasteiger partial charge in [-0.15, -0.1) is 12.4 Å². The van der Waals surface area contributed by atoms with Crippen molar-refractivity contribution in [3.8, 4) is 0 Å². The summed E-state index contributed by atoms with van der Waals surface area (Å²) in [7, 11) is 0. The summed E-state index contributed by atoms with van der Waals surface area (Å²) in [5.41, 5.74) is 5.93. The van der Waals surface area contributed by atoms with Crippen molar-refractivity contribution in [2.24, 2.45) is 17.6 Å². The number of nitrogens with one attached hydrogen (secondary N) is 1. The van der Waals surface area contributed by atoms with Crippen LogP contribution in [0.1, 0.15) is 44.0 Å². The molecule has 0 aliphatic rings. The van der Waals surface area contributed by atoms with E-state index >= 15 is 0 Å². The Balaban J connectivity index is 0.00000484. The summed E-state index contributed by atoms with van der Waals surface area (Å²) in [6, 6.07) is 5.44. The Labute approximate surface area is 143 Å². The molecule has 1 aromatic rings. The molecule has 130 valence electrons. The third-order valence-corrected chi connectivity index (χ3v) is 3.45. The molecule has 0 aliphatic carbocycles. The smallest absolute Gasteiger partial charge is 0.220 e. The van der Waals surface area contributed by atoms with E-state index in [1.807, 2.05) is 0 Å². The van der Waals surface area contributed by atoms with Gasteiger partial charge in [0, 0.05) is 30.5 Å². The quantitative estimate of drug-likeness (QED) is 0.712. The molecule has 6 heteroatoms. The largest absolute Gasteiger partial charge is 0.352 e. The normalized spacial score (nSPS) is 13.1. The third kappa shape index (κ3) is 7.57. The first kappa shape index (κ1) is 21.5. The minimum absolute atomic E-state index is 0. The maximum atomic E-state index is 13.1. The number of amides is 1. The summed E-state index contributed by atoms with van der Waals surface area (Å²) in [6.45, 7) is 6.17. The van der Waals surface area contributed by atoms with Crippen LogP contribution >= 0.6 is 12.4 Å². The number of hydrogen-bond donors (Lipinski definition) is 2. The Morgan fingerprint density at radius 3 is 2.43 bits per heavy atom. The van der Waals surface area contributed by atoms with Crippen LogP contribution in [-0.2, 0) is 4.79 Å². The van der Waals surface area contributed by atoms with Crippen molar-refractivity contribution in [3.63, 3.8) is 0 Å². The van der Waals surface area contributed by atoms with Crippen molar-refractivity contribution in [2.45, 2.75) is 39.7 Å². The van der Waals surface area contributed by atoms with E-state index in [2.05, 4.69) is 19.2 Å². The molecule has 0 fully saturated rings.